The fourth-order valence-electron chi connectivity index (χ4n) is 5.57. The number of benzene rings is 1. The Labute approximate surface area is 229 Å². The van der Waals surface area contributed by atoms with Crippen molar-refractivity contribution in [3.8, 4) is 0 Å². The van der Waals surface area contributed by atoms with Crippen molar-refractivity contribution in [1.82, 2.24) is 24.7 Å². The minimum atomic E-state index is -1.06. The lowest BCUT2D eigenvalue weighted by Crippen LogP contribution is -2.58. The van der Waals surface area contributed by atoms with Gasteiger partial charge in [-0.1, -0.05) is 26.0 Å². The number of Topliss-reactive ketones (excluding diaryl/α,β-unsaturated/α-hetero) is 1. The summed E-state index contributed by atoms with van der Waals surface area (Å²) >= 11 is 0. The number of carbonyl (C=O) groups is 3. The Balaban J connectivity index is 1.55. The highest BCUT2D eigenvalue weighted by molar-refractivity contribution is 6.00. The van der Waals surface area contributed by atoms with Crippen LogP contribution in [-0.2, 0) is 20.8 Å². The Morgan fingerprint density at radius 1 is 1.13 bits per heavy atom. The van der Waals surface area contributed by atoms with E-state index in [1.54, 1.807) is 12.0 Å². The van der Waals surface area contributed by atoms with Crippen LogP contribution in [0.2, 0.25) is 0 Å². The van der Waals surface area contributed by atoms with Crippen molar-refractivity contribution in [3.05, 3.63) is 30.1 Å². The molecule has 214 valence electrons. The largest absolute Gasteiger partial charge is 0.465 e. The van der Waals surface area contributed by atoms with Crippen LogP contribution in [0.1, 0.15) is 43.7 Å². The minimum absolute atomic E-state index is 0.0543. The van der Waals surface area contributed by atoms with Gasteiger partial charge in [0.05, 0.1) is 36.2 Å². The molecule has 1 unspecified atom stereocenters. The number of rotatable bonds is 11. The van der Waals surface area contributed by atoms with Gasteiger partial charge in [-0.2, -0.15) is 0 Å². The number of aromatic nitrogens is 2. The highest BCUT2D eigenvalue weighted by atomic mass is 16.5. The van der Waals surface area contributed by atoms with Crippen molar-refractivity contribution in [2.24, 2.45) is 11.8 Å². The fraction of sp³-hybridized carbons (Fsp3) is 0.643. The van der Waals surface area contributed by atoms with Crippen molar-refractivity contribution < 1.29 is 29.0 Å². The molecule has 2 aromatic rings. The Hall–Kier alpha value is -3.02. The van der Waals surface area contributed by atoms with Gasteiger partial charge in [0.15, 0.2) is 5.82 Å². The summed E-state index contributed by atoms with van der Waals surface area (Å²) in [5.74, 6) is -0.337. The number of methoxy groups -OCH3 is 1. The third kappa shape index (κ3) is 6.95. The molecule has 39 heavy (non-hydrogen) atoms. The van der Waals surface area contributed by atoms with Gasteiger partial charge in [-0.15, -0.1) is 0 Å². The summed E-state index contributed by atoms with van der Waals surface area (Å²) < 4.78 is 12.5. The number of imidazole rings is 1. The number of nitrogens with zero attached hydrogens (tertiary/aromatic N) is 4. The number of amides is 2. The number of ketones is 1. The standard InChI is InChI=1S/C28H41N5O6/c1-19(2)24(25(34)26-30-22-8-4-5-9-23(22)33(26)10-6-7-13-38-3)29-21-16-20(17-32(18-21)28(36)37)27(35)31-11-14-39-15-12-31/h4-5,8-9,19-21,24,29H,6-7,10-18H2,1-3H3,(H,36,37)/t20-,21+,24?/m1/s1. The maximum atomic E-state index is 14.0. The van der Waals surface area contributed by atoms with Gasteiger partial charge in [-0.3, -0.25) is 9.59 Å². The van der Waals surface area contributed by atoms with Crippen LogP contribution in [0.4, 0.5) is 4.79 Å². The molecule has 0 radical (unpaired) electrons. The van der Waals surface area contributed by atoms with Crippen LogP contribution in [0.5, 0.6) is 0 Å². The monoisotopic (exact) mass is 543 g/mol. The lowest BCUT2D eigenvalue weighted by Gasteiger charge is -2.40. The smallest absolute Gasteiger partial charge is 0.407 e. The topological polar surface area (TPSA) is 126 Å². The van der Waals surface area contributed by atoms with E-state index in [2.05, 4.69) is 5.32 Å². The molecule has 0 aliphatic carbocycles. The number of ether oxygens (including phenoxy) is 2. The van der Waals surface area contributed by atoms with E-state index in [9.17, 15) is 19.5 Å². The van der Waals surface area contributed by atoms with E-state index in [1.807, 2.05) is 42.7 Å². The molecule has 1 aromatic carbocycles. The Kier molecular flexibility index (Phi) is 9.93. The quantitative estimate of drug-likeness (QED) is 0.327. The number of hydrogen-bond acceptors (Lipinski definition) is 7. The molecule has 2 saturated heterocycles. The lowest BCUT2D eigenvalue weighted by molar-refractivity contribution is -0.141. The number of carboxylic acid groups (broad SMARTS) is 1. The fourth-order valence-corrected chi connectivity index (χ4v) is 5.57. The number of likely N-dealkylation sites (tertiary alicyclic amines) is 1. The number of hydrogen-bond donors (Lipinski definition) is 2. The molecular weight excluding hydrogens is 502 g/mol. The average molecular weight is 544 g/mol. The number of para-hydroxylation sites is 2. The third-order valence-corrected chi connectivity index (χ3v) is 7.61. The van der Waals surface area contributed by atoms with E-state index < -0.39 is 18.1 Å². The average Bonchev–Trinajstić information content (AvgIpc) is 3.32. The summed E-state index contributed by atoms with van der Waals surface area (Å²) in [5, 5.41) is 13.2. The molecule has 2 aliphatic heterocycles. The lowest BCUT2D eigenvalue weighted by atomic mass is 9.90. The summed E-state index contributed by atoms with van der Waals surface area (Å²) in [7, 11) is 1.68. The predicted octanol–water partition coefficient (Wildman–Crippen LogP) is 2.49. The van der Waals surface area contributed by atoms with Crippen LogP contribution in [0, 0.1) is 11.8 Å². The molecular formula is C28H41N5O6. The van der Waals surface area contributed by atoms with Crippen LogP contribution in [0.3, 0.4) is 0 Å². The van der Waals surface area contributed by atoms with E-state index in [-0.39, 0.29) is 36.7 Å². The van der Waals surface area contributed by atoms with Gasteiger partial charge >= 0.3 is 6.09 Å². The zero-order chi connectivity index (χ0) is 27.9. The summed E-state index contributed by atoms with van der Waals surface area (Å²) in [6, 6.07) is 6.80. The zero-order valence-electron chi connectivity index (χ0n) is 23.2. The normalized spacial score (nSPS) is 20.9. The number of carbonyl (C=O) groups excluding carboxylic acids is 2. The van der Waals surface area contributed by atoms with Gasteiger partial charge in [0.2, 0.25) is 11.7 Å². The molecule has 0 spiro atoms. The van der Waals surface area contributed by atoms with Crippen LogP contribution in [-0.4, -0.2) is 107 Å². The molecule has 3 atom stereocenters. The Bertz CT molecular complexity index is 1140. The zero-order valence-corrected chi connectivity index (χ0v) is 23.2. The maximum Gasteiger partial charge on any atom is 0.407 e. The van der Waals surface area contributed by atoms with Gasteiger partial charge in [-0.25, -0.2) is 9.78 Å². The van der Waals surface area contributed by atoms with Gasteiger partial charge in [0, 0.05) is 52.5 Å². The Morgan fingerprint density at radius 3 is 2.56 bits per heavy atom. The first-order valence-corrected chi connectivity index (χ1v) is 13.9. The molecule has 4 rings (SSSR count). The first kappa shape index (κ1) is 29.0. The summed E-state index contributed by atoms with van der Waals surface area (Å²) in [4.78, 5) is 47.0. The van der Waals surface area contributed by atoms with E-state index in [0.29, 0.717) is 51.7 Å². The maximum absolute atomic E-state index is 14.0. The molecule has 11 heteroatoms. The van der Waals surface area contributed by atoms with E-state index in [0.717, 1.165) is 23.9 Å². The van der Waals surface area contributed by atoms with E-state index in [4.69, 9.17) is 14.5 Å². The number of fused-ring (bicyclic) bond motifs is 1. The van der Waals surface area contributed by atoms with Crippen molar-refractivity contribution in [2.75, 3.05) is 53.1 Å². The van der Waals surface area contributed by atoms with Crippen LogP contribution in [0.25, 0.3) is 11.0 Å². The third-order valence-electron chi connectivity index (χ3n) is 7.61. The molecule has 3 heterocycles. The number of unbranched alkanes of at least 4 members (excludes halogenated alkanes) is 1. The van der Waals surface area contributed by atoms with Crippen LogP contribution < -0.4 is 5.32 Å². The highest BCUT2D eigenvalue weighted by Gasteiger charge is 2.39. The van der Waals surface area contributed by atoms with Gasteiger partial charge in [-0.05, 0) is 37.3 Å². The molecule has 2 amide bonds. The predicted molar refractivity (Wildman–Crippen MR) is 146 cm³/mol. The minimum Gasteiger partial charge on any atom is -0.465 e. The van der Waals surface area contributed by atoms with Crippen molar-refractivity contribution in [2.45, 2.75) is 51.7 Å². The van der Waals surface area contributed by atoms with Crippen molar-refractivity contribution in [3.63, 3.8) is 0 Å². The van der Waals surface area contributed by atoms with E-state index in [1.165, 1.54) is 4.90 Å². The van der Waals surface area contributed by atoms with Crippen LogP contribution >= 0.6 is 0 Å². The summed E-state index contributed by atoms with van der Waals surface area (Å²) in [6.07, 6.45) is 1.11. The molecule has 2 N–H and O–H groups in total. The number of piperidine rings is 1. The van der Waals surface area contributed by atoms with Crippen LogP contribution in [0.15, 0.2) is 24.3 Å². The highest BCUT2D eigenvalue weighted by Crippen LogP contribution is 2.24. The van der Waals surface area contributed by atoms with E-state index >= 15 is 0 Å². The molecule has 0 bridgehead atoms. The molecule has 2 aliphatic rings. The molecule has 1 aromatic heterocycles. The van der Waals surface area contributed by atoms with Gasteiger partial charge < -0.3 is 34.3 Å². The van der Waals surface area contributed by atoms with Gasteiger partial charge in [0.1, 0.15) is 0 Å². The Morgan fingerprint density at radius 2 is 1.87 bits per heavy atom. The SMILES string of the molecule is COCCCCn1c(C(=O)C(N[C@H]2C[C@@H](C(=O)N3CCOCC3)CN(C(=O)O)C2)C(C)C)nc2ccccc21. The first-order valence-electron chi connectivity index (χ1n) is 13.9. The number of aryl methyl sites for hydroxylation is 1. The second kappa shape index (κ2) is 13.4. The second-order valence-corrected chi connectivity index (χ2v) is 10.8. The molecule has 0 saturated carbocycles. The number of morpholine rings is 1. The second-order valence-electron chi connectivity index (χ2n) is 10.8. The number of nitrogens with one attached hydrogen (secondary N) is 1. The van der Waals surface area contributed by atoms with Gasteiger partial charge in [0.25, 0.3) is 0 Å². The summed E-state index contributed by atoms with van der Waals surface area (Å²) in [5.41, 5.74) is 1.67. The molecule has 2 fully saturated rings. The molecule has 11 nitrogen and oxygen atoms in total. The first-order chi connectivity index (χ1) is 18.8. The summed E-state index contributed by atoms with van der Waals surface area (Å²) in [6.45, 7) is 7.58. The van der Waals surface area contributed by atoms with Crippen molar-refractivity contribution in [1.29, 1.82) is 0 Å². The van der Waals surface area contributed by atoms with Crippen molar-refractivity contribution >= 4 is 28.8 Å².